The summed E-state index contributed by atoms with van der Waals surface area (Å²) in [6, 6.07) is -0.796. The van der Waals surface area contributed by atoms with Crippen LogP contribution in [-0.2, 0) is 18.4 Å². The van der Waals surface area contributed by atoms with Crippen LogP contribution in [0.4, 0.5) is 0 Å². The molecule has 3 unspecified atom stereocenters. The van der Waals surface area contributed by atoms with Gasteiger partial charge < -0.3 is 21.1 Å². The van der Waals surface area contributed by atoms with Gasteiger partial charge in [-0.3, -0.25) is 13.8 Å². The maximum Gasteiger partial charge on any atom is 0.472 e. The maximum absolute atomic E-state index is 12.7. The summed E-state index contributed by atoms with van der Waals surface area (Å²) in [5.41, 5.74) is 5.36. The first-order chi connectivity index (χ1) is 23.4. The number of hydrogen-bond acceptors (Lipinski definition) is 6. The van der Waals surface area contributed by atoms with Gasteiger partial charge in [0, 0.05) is 13.0 Å². The standard InChI is InChI=1S/C39H73N2O6P/c1-3-5-7-9-11-13-15-17-19-21-23-25-27-29-31-33-39(43)41-37(36-47-48(44,45)46-35-34-40)38(42)32-30-28-26-24-22-20-18-16-14-12-10-8-6-4-2/h5,7,11,13,17,19,23,25,37-38,42H,3-4,6,8-10,12,14-16,18,20-22,24,26-36,40H2,1-2H3,(H,41,43)(H,44,45)/b7-5-,13-11-,19-17-,25-23-. The normalized spacial score (nSPS) is 14.9. The van der Waals surface area contributed by atoms with Crippen molar-refractivity contribution in [3.8, 4) is 0 Å². The van der Waals surface area contributed by atoms with Gasteiger partial charge in [0.25, 0.3) is 0 Å². The number of phosphoric ester groups is 1. The highest BCUT2D eigenvalue weighted by Gasteiger charge is 2.27. The highest BCUT2D eigenvalue weighted by Crippen LogP contribution is 2.43. The third-order valence-corrected chi connectivity index (χ3v) is 9.18. The van der Waals surface area contributed by atoms with Crippen molar-refractivity contribution in [2.24, 2.45) is 5.73 Å². The number of nitrogens with two attached hydrogens (primary N) is 1. The monoisotopic (exact) mass is 697 g/mol. The van der Waals surface area contributed by atoms with Gasteiger partial charge >= 0.3 is 7.82 Å². The van der Waals surface area contributed by atoms with Crippen molar-refractivity contribution >= 4 is 13.7 Å². The Morgan fingerprint density at radius 3 is 1.73 bits per heavy atom. The first-order valence-corrected chi connectivity index (χ1v) is 20.7. The Kier molecular flexibility index (Phi) is 34.2. The van der Waals surface area contributed by atoms with Gasteiger partial charge in [0.1, 0.15) is 0 Å². The lowest BCUT2D eigenvalue weighted by Gasteiger charge is -2.25. The van der Waals surface area contributed by atoms with Gasteiger partial charge in [-0.1, -0.05) is 152 Å². The van der Waals surface area contributed by atoms with Crippen LogP contribution < -0.4 is 11.1 Å². The Labute approximate surface area is 294 Å². The van der Waals surface area contributed by atoms with Crippen LogP contribution in [-0.4, -0.2) is 47.8 Å². The number of nitrogens with one attached hydrogen (secondary N) is 1. The predicted octanol–water partition coefficient (Wildman–Crippen LogP) is 10.2. The van der Waals surface area contributed by atoms with E-state index in [1.54, 1.807) is 0 Å². The highest BCUT2D eigenvalue weighted by atomic mass is 31.2. The fourth-order valence-corrected chi connectivity index (χ4v) is 6.06. The minimum atomic E-state index is -4.32. The zero-order chi connectivity index (χ0) is 35.4. The van der Waals surface area contributed by atoms with Crippen LogP contribution in [0, 0.1) is 0 Å². The minimum Gasteiger partial charge on any atom is -0.391 e. The minimum absolute atomic E-state index is 0.0801. The number of amides is 1. The van der Waals surface area contributed by atoms with E-state index in [0.717, 1.165) is 57.8 Å². The first kappa shape index (κ1) is 46.5. The molecule has 0 saturated heterocycles. The molecule has 0 aromatic heterocycles. The van der Waals surface area contributed by atoms with Crippen LogP contribution in [0.5, 0.6) is 0 Å². The van der Waals surface area contributed by atoms with E-state index < -0.39 is 20.0 Å². The fraction of sp³-hybridized carbons (Fsp3) is 0.769. The Morgan fingerprint density at radius 2 is 1.21 bits per heavy atom. The highest BCUT2D eigenvalue weighted by molar-refractivity contribution is 7.47. The molecule has 48 heavy (non-hydrogen) atoms. The van der Waals surface area contributed by atoms with E-state index in [1.165, 1.54) is 70.6 Å². The Bertz CT molecular complexity index is 892. The summed E-state index contributed by atoms with van der Waals surface area (Å²) in [5.74, 6) is -0.204. The van der Waals surface area contributed by atoms with Gasteiger partial charge in [0.15, 0.2) is 0 Å². The lowest BCUT2D eigenvalue weighted by atomic mass is 10.0. The molecule has 280 valence electrons. The van der Waals surface area contributed by atoms with Crippen LogP contribution in [0.25, 0.3) is 0 Å². The third-order valence-electron chi connectivity index (χ3n) is 8.20. The number of allylic oxidation sites excluding steroid dienone is 8. The number of unbranched alkanes of at least 4 members (excludes halogenated alkanes) is 15. The molecule has 0 aliphatic carbocycles. The molecule has 0 spiro atoms. The van der Waals surface area contributed by atoms with E-state index in [-0.39, 0.29) is 25.7 Å². The molecule has 0 aromatic carbocycles. The first-order valence-electron chi connectivity index (χ1n) is 19.3. The summed E-state index contributed by atoms with van der Waals surface area (Å²) < 4.78 is 22.1. The number of hydrogen-bond donors (Lipinski definition) is 4. The zero-order valence-corrected chi connectivity index (χ0v) is 31.6. The van der Waals surface area contributed by atoms with E-state index in [2.05, 4.69) is 67.8 Å². The van der Waals surface area contributed by atoms with E-state index in [4.69, 9.17) is 14.8 Å². The molecule has 0 radical (unpaired) electrons. The molecular weight excluding hydrogens is 623 g/mol. The number of aliphatic hydroxyl groups excluding tert-OH is 1. The van der Waals surface area contributed by atoms with Crippen molar-refractivity contribution in [2.45, 2.75) is 174 Å². The van der Waals surface area contributed by atoms with Gasteiger partial charge in [0.2, 0.25) is 5.91 Å². The van der Waals surface area contributed by atoms with Crippen molar-refractivity contribution in [3.05, 3.63) is 48.6 Å². The molecular formula is C39H73N2O6P. The number of phosphoric acid groups is 1. The second-order valence-corrected chi connectivity index (χ2v) is 14.2. The molecule has 9 heteroatoms. The molecule has 0 aliphatic rings. The molecule has 0 bridgehead atoms. The lowest BCUT2D eigenvalue weighted by Crippen LogP contribution is -2.46. The molecule has 0 fully saturated rings. The zero-order valence-electron chi connectivity index (χ0n) is 30.7. The van der Waals surface area contributed by atoms with E-state index in [0.29, 0.717) is 19.3 Å². The van der Waals surface area contributed by atoms with Gasteiger partial charge in [0.05, 0.1) is 25.4 Å². The second-order valence-electron chi connectivity index (χ2n) is 12.8. The number of carbonyl (C=O) groups excluding carboxylic acids is 1. The van der Waals surface area contributed by atoms with Crippen LogP contribution in [0.1, 0.15) is 162 Å². The van der Waals surface area contributed by atoms with Gasteiger partial charge in [-0.25, -0.2) is 4.57 Å². The van der Waals surface area contributed by atoms with Crippen LogP contribution in [0.15, 0.2) is 48.6 Å². The van der Waals surface area contributed by atoms with Crippen molar-refractivity contribution in [3.63, 3.8) is 0 Å². The Morgan fingerprint density at radius 1 is 0.708 bits per heavy atom. The van der Waals surface area contributed by atoms with Gasteiger partial charge in [-0.2, -0.15) is 0 Å². The maximum atomic E-state index is 12.7. The molecule has 1 amide bonds. The predicted molar refractivity (Wildman–Crippen MR) is 203 cm³/mol. The smallest absolute Gasteiger partial charge is 0.391 e. The molecule has 8 nitrogen and oxygen atoms in total. The summed E-state index contributed by atoms with van der Waals surface area (Å²) in [4.78, 5) is 22.6. The average Bonchev–Trinajstić information content (AvgIpc) is 3.07. The molecule has 3 atom stereocenters. The summed E-state index contributed by atoms with van der Waals surface area (Å²) >= 11 is 0. The van der Waals surface area contributed by atoms with Crippen LogP contribution in [0.2, 0.25) is 0 Å². The molecule has 0 saturated carbocycles. The van der Waals surface area contributed by atoms with E-state index in [9.17, 15) is 19.4 Å². The molecule has 0 aromatic rings. The van der Waals surface area contributed by atoms with E-state index in [1.807, 2.05) is 0 Å². The fourth-order valence-electron chi connectivity index (χ4n) is 5.30. The second kappa shape index (κ2) is 35.3. The van der Waals surface area contributed by atoms with Crippen molar-refractivity contribution in [2.75, 3.05) is 19.8 Å². The van der Waals surface area contributed by atoms with Gasteiger partial charge in [-0.05, 0) is 51.4 Å². The van der Waals surface area contributed by atoms with Crippen molar-refractivity contribution in [1.29, 1.82) is 0 Å². The summed E-state index contributed by atoms with van der Waals surface area (Å²) in [6.45, 7) is 4.04. The largest absolute Gasteiger partial charge is 0.472 e. The Balaban J connectivity index is 4.33. The molecule has 0 aliphatic heterocycles. The van der Waals surface area contributed by atoms with E-state index >= 15 is 0 Å². The molecule has 0 rings (SSSR count). The Hall–Kier alpha value is -1.54. The van der Waals surface area contributed by atoms with Crippen molar-refractivity contribution in [1.82, 2.24) is 5.32 Å². The topological polar surface area (TPSA) is 131 Å². The van der Waals surface area contributed by atoms with Crippen LogP contribution >= 0.6 is 7.82 Å². The average molecular weight is 697 g/mol. The number of carbonyl (C=O) groups is 1. The molecule has 0 heterocycles. The molecule has 5 N–H and O–H groups in total. The lowest BCUT2D eigenvalue weighted by molar-refractivity contribution is -0.123. The SMILES string of the molecule is CC/C=C\C/C=C\C/C=C\C/C=C\CCCCC(=O)NC(COP(=O)(O)OCCN)C(O)CCCCCCCCCCCCCCCC. The summed E-state index contributed by atoms with van der Waals surface area (Å²) in [7, 11) is -4.32. The number of aliphatic hydroxyl groups is 1. The van der Waals surface area contributed by atoms with Crippen LogP contribution in [0.3, 0.4) is 0 Å². The van der Waals surface area contributed by atoms with Gasteiger partial charge in [-0.15, -0.1) is 0 Å². The summed E-state index contributed by atoms with van der Waals surface area (Å²) in [5, 5.41) is 13.7. The third kappa shape index (κ3) is 33.0. The summed E-state index contributed by atoms with van der Waals surface area (Å²) in [6.07, 6.45) is 41.2. The van der Waals surface area contributed by atoms with Crippen molar-refractivity contribution < 1.29 is 28.4 Å². The quantitative estimate of drug-likeness (QED) is 0.0295. The number of rotatable bonds is 35.